The maximum atomic E-state index is 12.7. The lowest BCUT2D eigenvalue weighted by molar-refractivity contribution is -0.128. The number of hydrogen-bond donors (Lipinski definition) is 1. The molecule has 0 aromatic heterocycles. The molecule has 6 heteroatoms. The first kappa shape index (κ1) is 19.7. The number of benzene rings is 2. The van der Waals surface area contributed by atoms with E-state index in [0.717, 1.165) is 23.3 Å². The summed E-state index contributed by atoms with van der Waals surface area (Å²) >= 11 is 0. The minimum Gasteiger partial charge on any atom is -0.497 e. The Hall–Kier alpha value is -3.02. The molecular weight excluding hydrogens is 356 g/mol. The van der Waals surface area contributed by atoms with Crippen LogP contribution in [0, 0.1) is 12.8 Å². The number of likely N-dealkylation sites (tertiary alicyclic amines) is 1. The second-order valence-electron chi connectivity index (χ2n) is 7.04. The Balaban J connectivity index is 1.59. The number of carbonyl (C=O) groups excluding carboxylic acids is 2. The normalized spacial score (nSPS) is 16.2. The number of nitrogens with one attached hydrogen (secondary N) is 1. The lowest BCUT2D eigenvalue weighted by atomic mass is 10.1. The van der Waals surface area contributed by atoms with Gasteiger partial charge in [-0.1, -0.05) is 18.2 Å². The van der Waals surface area contributed by atoms with E-state index in [9.17, 15) is 9.59 Å². The smallest absolute Gasteiger partial charge is 0.229 e. The molecule has 0 spiro atoms. The van der Waals surface area contributed by atoms with Crippen molar-refractivity contribution in [1.82, 2.24) is 4.90 Å². The summed E-state index contributed by atoms with van der Waals surface area (Å²) in [5.41, 5.74) is 2.76. The fourth-order valence-electron chi connectivity index (χ4n) is 3.41. The summed E-state index contributed by atoms with van der Waals surface area (Å²) in [5.74, 6) is 0.913. The van der Waals surface area contributed by atoms with Crippen LogP contribution in [-0.2, 0) is 16.0 Å². The number of methoxy groups -OCH3 is 2. The van der Waals surface area contributed by atoms with Gasteiger partial charge in [0.15, 0.2) is 0 Å². The molecule has 2 aromatic rings. The molecule has 0 aliphatic carbocycles. The molecule has 1 aliphatic rings. The predicted molar refractivity (Wildman–Crippen MR) is 108 cm³/mol. The van der Waals surface area contributed by atoms with Crippen LogP contribution in [0.2, 0.25) is 0 Å². The number of aryl methyl sites for hydroxylation is 1. The van der Waals surface area contributed by atoms with Crippen LogP contribution in [0.15, 0.2) is 42.5 Å². The number of anilines is 1. The monoisotopic (exact) mass is 382 g/mol. The standard InChI is InChI=1S/C22H26N2O4/c1-15-7-8-20(28-3)19(11-15)23-22(26)17-13-21(25)24(14-17)10-9-16-5-4-6-18(12-16)27-2/h4-8,11-12,17H,9-10,13-14H2,1-3H3,(H,23,26). The highest BCUT2D eigenvalue weighted by atomic mass is 16.5. The van der Waals surface area contributed by atoms with Crippen LogP contribution >= 0.6 is 0 Å². The average Bonchev–Trinajstić information content (AvgIpc) is 3.07. The van der Waals surface area contributed by atoms with Crippen LogP contribution in [0.1, 0.15) is 17.5 Å². The summed E-state index contributed by atoms with van der Waals surface area (Å²) in [5, 5.41) is 2.91. The minimum atomic E-state index is -0.358. The Morgan fingerprint density at radius 2 is 2.00 bits per heavy atom. The Morgan fingerprint density at radius 3 is 2.75 bits per heavy atom. The number of hydrogen-bond acceptors (Lipinski definition) is 4. The molecule has 2 aromatic carbocycles. The summed E-state index contributed by atoms with van der Waals surface area (Å²) in [6, 6.07) is 13.4. The minimum absolute atomic E-state index is 0.0132. The largest absolute Gasteiger partial charge is 0.497 e. The van der Waals surface area contributed by atoms with E-state index in [4.69, 9.17) is 9.47 Å². The molecule has 28 heavy (non-hydrogen) atoms. The molecule has 6 nitrogen and oxygen atoms in total. The Labute approximate surface area is 165 Å². The van der Waals surface area contributed by atoms with E-state index < -0.39 is 0 Å². The fourth-order valence-corrected chi connectivity index (χ4v) is 3.41. The van der Waals surface area contributed by atoms with E-state index in [0.29, 0.717) is 24.5 Å². The van der Waals surface area contributed by atoms with E-state index in [1.165, 1.54) is 0 Å². The number of ether oxygens (including phenoxy) is 2. The molecule has 0 bridgehead atoms. The van der Waals surface area contributed by atoms with Gasteiger partial charge in [-0.25, -0.2) is 0 Å². The van der Waals surface area contributed by atoms with Gasteiger partial charge in [-0.05, 0) is 48.7 Å². The molecule has 148 valence electrons. The predicted octanol–water partition coefficient (Wildman–Crippen LogP) is 3.04. The second kappa shape index (κ2) is 8.78. The first-order chi connectivity index (χ1) is 13.5. The van der Waals surface area contributed by atoms with Crippen LogP contribution < -0.4 is 14.8 Å². The van der Waals surface area contributed by atoms with E-state index in [1.807, 2.05) is 49.4 Å². The van der Waals surface area contributed by atoms with Crippen molar-refractivity contribution in [3.8, 4) is 11.5 Å². The van der Waals surface area contributed by atoms with Gasteiger partial charge in [0.05, 0.1) is 25.8 Å². The molecule has 1 atom stereocenters. The van der Waals surface area contributed by atoms with Crippen molar-refractivity contribution in [3.05, 3.63) is 53.6 Å². The van der Waals surface area contributed by atoms with Gasteiger partial charge in [0.1, 0.15) is 11.5 Å². The summed E-state index contributed by atoms with van der Waals surface area (Å²) in [4.78, 5) is 26.8. The topological polar surface area (TPSA) is 67.9 Å². The summed E-state index contributed by atoms with van der Waals surface area (Å²) in [6.45, 7) is 2.97. The Bertz CT molecular complexity index is 865. The molecule has 1 heterocycles. The first-order valence-corrected chi connectivity index (χ1v) is 9.36. The molecule has 3 rings (SSSR count). The van der Waals surface area contributed by atoms with Crippen molar-refractivity contribution in [2.75, 3.05) is 32.6 Å². The van der Waals surface area contributed by atoms with Gasteiger partial charge < -0.3 is 19.7 Å². The Morgan fingerprint density at radius 1 is 1.18 bits per heavy atom. The lowest BCUT2D eigenvalue weighted by Crippen LogP contribution is -2.30. The zero-order valence-electron chi connectivity index (χ0n) is 16.5. The van der Waals surface area contributed by atoms with Gasteiger partial charge in [-0.2, -0.15) is 0 Å². The van der Waals surface area contributed by atoms with Gasteiger partial charge in [0, 0.05) is 19.5 Å². The van der Waals surface area contributed by atoms with E-state index in [-0.39, 0.29) is 24.2 Å². The Kier molecular flexibility index (Phi) is 6.19. The van der Waals surface area contributed by atoms with Gasteiger partial charge >= 0.3 is 0 Å². The molecular formula is C22H26N2O4. The molecule has 1 aliphatic heterocycles. The highest BCUT2D eigenvalue weighted by molar-refractivity contribution is 5.98. The molecule has 0 saturated carbocycles. The van der Waals surface area contributed by atoms with Gasteiger partial charge in [-0.3, -0.25) is 9.59 Å². The second-order valence-corrected chi connectivity index (χ2v) is 7.04. The van der Waals surface area contributed by atoms with Crippen molar-refractivity contribution >= 4 is 17.5 Å². The zero-order chi connectivity index (χ0) is 20.1. The van der Waals surface area contributed by atoms with Crippen molar-refractivity contribution in [2.45, 2.75) is 19.8 Å². The summed E-state index contributed by atoms with van der Waals surface area (Å²) < 4.78 is 10.5. The quantitative estimate of drug-likeness (QED) is 0.799. The van der Waals surface area contributed by atoms with Crippen molar-refractivity contribution < 1.29 is 19.1 Å². The fraction of sp³-hybridized carbons (Fsp3) is 0.364. The first-order valence-electron chi connectivity index (χ1n) is 9.36. The average molecular weight is 382 g/mol. The number of rotatable bonds is 7. The maximum Gasteiger partial charge on any atom is 0.229 e. The third-order valence-electron chi connectivity index (χ3n) is 5.00. The van der Waals surface area contributed by atoms with Crippen LogP contribution in [-0.4, -0.2) is 44.0 Å². The van der Waals surface area contributed by atoms with Gasteiger partial charge in [-0.15, -0.1) is 0 Å². The highest BCUT2D eigenvalue weighted by Crippen LogP contribution is 2.27. The zero-order valence-corrected chi connectivity index (χ0v) is 16.5. The molecule has 1 fully saturated rings. The third kappa shape index (κ3) is 4.63. The van der Waals surface area contributed by atoms with Crippen LogP contribution in [0.4, 0.5) is 5.69 Å². The molecule has 1 unspecified atom stereocenters. The van der Waals surface area contributed by atoms with Crippen molar-refractivity contribution in [2.24, 2.45) is 5.92 Å². The maximum absolute atomic E-state index is 12.7. The van der Waals surface area contributed by atoms with Gasteiger partial charge in [0.25, 0.3) is 0 Å². The summed E-state index contributed by atoms with van der Waals surface area (Å²) in [7, 11) is 3.20. The van der Waals surface area contributed by atoms with Crippen LogP contribution in [0.5, 0.6) is 11.5 Å². The molecule has 0 radical (unpaired) electrons. The van der Waals surface area contributed by atoms with Crippen LogP contribution in [0.3, 0.4) is 0 Å². The van der Waals surface area contributed by atoms with E-state index in [1.54, 1.807) is 19.1 Å². The number of carbonyl (C=O) groups is 2. The van der Waals surface area contributed by atoms with E-state index in [2.05, 4.69) is 5.32 Å². The summed E-state index contributed by atoms with van der Waals surface area (Å²) in [6.07, 6.45) is 0.959. The number of amides is 2. The van der Waals surface area contributed by atoms with Gasteiger partial charge in [0.2, 0.25) is 11.8 Å². The highest BCUT2D eigenvalue weighted by Gasteiger charge is 2.34. The van der Waals surface area contributed by atoms with Crippen LogP contribution in [0.25, 0.3) is 0 Å². The van der Waals surface area contributed by atoms with Crippen molar-refractivity contribution in [3.63, 3.8) is 0 Å². The molecule has 2 amide bonds. The molecule has 1 saturated heterocycles. The SMILES string of the molecule is COc1cccc(CCN2CC(C(=O)Nc3cc(C)ccc3OC)CC2=O)c1. The molecule has 1 N–H and O–H groups in total. The van der Waals surface area contributed by atoms with Crippen molar-refractivity contribution in [1.29, 1.82) is 0 Å². The lowest BCUT2D eigenvalue weighted by Gasteiger charge is -2.17. The number of nitrogens with zero attached hydrogens (tertiary/aromatic N) is 1. The van der Waals surface area contributed by atoms with E-state index >= 15 is 0 Å². The third-order valence-corrected chi connectivity index (χ3v) is 5.00.